The van der Waals surface area contributed by atoms with E-state index in [4.69, 9.17) is 0 Å². The van der Waals surface area contributed by atoms with E-state index in [1.165, 1.54) is 23.7 Å². The van der Waals surface area contributed by atoms with Crippen LogP contribution < -0.4 is 5.32 Å². The number of aromatic nitrogens is 2. The van der Waals surface area contributed by atoms with Gasteiger partial charge < -0.3 is 5.32 Å². The summed E-state index contributed by atoms with van der Waals surface area (Å²) in [7, 11) is 0. The second-order valence-corrected chi connectivity index (χ2v) is 7.22. The summed E-state index contributed by atoms with van der Waals surface area (Å²) in [6.45, 7) is 1.95. The Kier molecular flexibility index (Phi) is 5.67. The average molecular weight is 352 g/mol. The van der Waals surface area contributed by atoms with E-state index in [1.54, 1.807) is 12.3 Å². The summed E-state index contributed by atoms with van der Waals surface area (Å²) in [5.41, 5.74) is 3.98. The molecule has 25 heavy (non-hydrogen) atoms. The number of hydrogen-bond acceptors (Lipinski definition) is 5. The fourth-order valence-electron chi connectivity index (χ4n) is 2.79. The first-order valence-electron chi connectivity index (χ1n) is 8.44. The Morgan fingerprint density at radius 3 is 2.96 bits per heavy atom. The molecule has 1 amide bonds. The smallest absolute Gasteiger partial charge is 0.226 e. The largest absolute Gasteiger partial charge is 0.311 e. The lowest BCUT2D eigenvalue weighted by Crippen LogP contribution is -2.13. The first kappa shape index (κ1) is 17.4. The van der Waals surface area contributed by atoms with Gasteiger partial charge in [0, 0.05) is 24.1 Å². The molecule has 6 heteroatoms. The monoisotopic (exact) mass is 352 g/mol. The van der Waals surface area contributed by atoms with E-state index in [0.29, 0.717) is 23.6 Å². The molecule has 0 unspecified atom stereocenters. The SMILES string of the molecule is Cc1ccc(NC(=O)CCSc2nc3c(cc2C#N)CCCC3)nc1. The molecule has 2 aromatic rings. The van der Waals surface area contributed by atoms with Crippen LogP contribution in [0.3, 0.4) is 0 Å². The zero-order chi connectivity index (χ0) is 17.6. The number of pyridine rings is 2. The highest BCUT2D eigenvalue weighted by Gasteiger charge is 2.15. The molecule has 0 aliphatic heterocycles. The van der Waals surface area contributed by atoms with Crippen LogP contribution >= 0.6 is 11.8 Å². The van der Waals surface area contributed by atoms with Crippen LogP contribution in [0.2, 0.25) is 0 Å². The van der Waals surface area contributed by atoms with E-state index in [0.717, 1.165) is 35.5 Å². The Bertz CT molecular complexity index is 811. The molecule has 0 saturated heterocycles. The Labute approximate surface area is 151 Å². The number of rotatable bonds is 5. The minimum absolute atomic E-state index is 0.0830. The van der Waals surface area contributed by atoms with Gasteiger partial charge in [-0.05, 0) is 55.9 Å². The third kappa shape index (κ3) is 4.58. The maximum atomic E-state index is 12.0. The highest BCUT2D eigenvalue weighted by Crippen LogP contribution is 2.27. The molecule has 0 bridgehead atoms. The van der Waals surface area contributed by atoms with Crippen LogP contribution in [0, 0.1) is 18.3 Å². The Morgan fingerprint density at radius 1 is 1.36 bits per heavy atom. The number of aryl methyl sites for hydroxylation is 3. The minimum atomic E-state index is -0.0830. The van der Waals surface area contributed by atoms with Crippen LogP contribution in [0.1, 0.15) is 41.6 Å². The van der Waals surface area contributed by atoms with Gasteiger partial charge >= 0.3 is 0 Å². The molecule has 1 N–H and O–H groups in total. The summed E-state index contributed by atoms with van der Waals surface area (Å²) in [6, 6.07) is 7.91. The summed E-state index contributed by atoms with van der Waals surface area (Å²) in [5.74, 6) is 1.06. The van der Waals surface area contributed by atoms with Gasteiger partial charge in [-0.2, -0.15) is 5.26 Å². The van der Waals surface area contributed by atoms with Crippen molar-refractivity contribution in [3.63, 3.8) is 0 Å². The maximum absolute atomic E-state index is 12.0. The molecule has 1 aliphatic carbocycles. The van der Waals surface area contributed by atoms with Crippen molar-refractivity contribution in [2.45, 2.75) is 44.1 Å². The van der Waals surface area contributed by atoms with Crippen molar-refractivity contribution in [2.75, 3.05) is 11.1 Å². The van der Waals surface area contributed by atoms with Crippen LogP contribution in [0.25, 0.3) is 0 Å². The van der Waals surface area contributed by atoms with Crippen molar-refractivity contribution >= 4 is 23.5 Å². The van der Waals surface area contributed by atoms with Gasteiger partial charge in [0.25, 0.3) is 0 Å². The summed E-state index contributed by atoms with van der Waals surface area (Å²) in [6.07, 6.45) is 6.38. The Hall–Kier alpha value is -2.39. The topological polar surface area (TPSA) is 78.7 Å². The van der Waals surface area contributed by atoms with Crippen LogP contribution in [-0.4, -0.2) is 21.6 Å². The molecule has 1 aliphatic rings. The van der Waals surface area contributed by atoms with Crippen LogP contribution in [0.4, 0.5) is 5.82 Å². The molecule has 5 nitrogen and oxygen atoms in total. The van der Waals surface area contributed by atoms with Crippen molar-refractivity contribution in [1.82, 2.24) is 9.97 Å². The van der Waals surface area contributed by atoms with Crippen molar-refractivity contribution in [3.8, 4) is 6.07 Å². The normalized spacial score (nSPS) is 13.0. The van der Waals surface area contributed by atoms with E-state index >= 15 is 0 Å². The predicted octanol–water partition coefficient (Wildman–Crippen LogP) is 3.66. The van der Waals surface area contributed by atoms with Crippen molar-refractivity contribution in [2.24, 2.45) is 0 Å². The van der Waals surface area contributed by atoms with E-state index < -0.39 is 0 Å². The number of hydrogen-bond donors (Lipinski definition) is 1. The molecule has 0 atom stereocenters. The van der Waals surface area contributed by atoms with Gasteiger partial charge in [0.2, 0.25) is 5.91 Å². The first-order chi connectivity index (χ1) is 12.2. The molecule has 2 aromatic heterocycles. The zero-order valence-corrected chi connectivity index (χ0v) is 15.0. The fourth-order valence-corrected chi connectivity index (χ4v) is 3.71. The van der Waals surface area contributed by atoms with Gasteiger partial charge in [0.05, 0.1) is 5.56 Å². The third-order valence-corrected chi connectivity index (χ3v) is 5.13. The molecule has 0 saturated carbocycles. The van der Waals surface area contributed by atoms with E-state index in [2.05, 4.69) is 21.4 Å². The number of nitrogens with zero attached hydrogens (tertiary/aromatic N) is 3. The summed E-state index contributed by atoms with van der Waals surface area (Å²) in [5, 5.41) is 12.9. The molecule has 0 radical (unpaired) electrons. The highest BCUT2D eigenvalue weighted by atomic mass is 32.2. The number of nitrogens with one attached hydrogen (secondary N) is 1. The predicted molar refractivity (Wildman–Crippen MR) is 98.5 cm³/mol. The molecule has 0 fully saturated rings. The summed E-state index contributed by atoms with van der Waals surface area (Å²) >= 11 is 1.47. The van der Waals surface area contributed by atoms with Gasteiger partial charge in [0.1, 0.15) is 16.9 Å². The van der Waals surface area contributed by atoms with E-state index in [-0.39, 0.29) is 5.91 Å². The number of fused-ring (bicyclic) bond motifs is 1. The quantitative estimate of drug-likeness (QED) is 0.831. The Morgan fingerprint density at radius 2 is 2.20 bits per heavy atom. The third-order valence-electron chi connectivity index (χ3n) is 4.13. The molecule has 128 valence electrons. The molecule has 2 heterocycles. The standard InChI is InChI=1S/C19H20N4OS/c1-13-6-7-17(21-12-13)23-18(24)8-9-25-19-15(11-20)10-14-4-2-3-5-16(14)22-19/h6-7,10,12H,2-5,8-9H2,1H3,(H,21,23,24). The molecule has 0 spiro atoms. The summed E-state index contributed by atoms with van der Waals surface area (Å²) < 4.78 is 0. The zero-order valence-electron chi connectivity index (χ0n) is 14.2. The highest BCUT2D eigenvalue weighted by molar-refractivity contribution is 7.99. The van der Waals surface area contributed by atoms with Crippen LogP contribution in [-0.2, 0) is 17.6 Å². The Balaban J connectivity index is 1.57. The van der Waals surface area contributed by atoms with Gasteiger partial charge in [-0.1, -0.05) is 6.07 Å². The van der Waals surface area contributed by atoms with Gasteiger partial charge in [-0.15, -0.1) is 11.8 Å². The first-order valence-corrected chi connectivity index (χ1v) is 9.42. The lowest BCUT2D eigenvalue weighted by atomic mass is 9.95. The molecular formula is C19H20N4OS. The molecule has 0 aromatic carbocycles. The average Bonchev–Trinajstić information content (AvgIpc) is 2.63. The number of amides is 1. The van der Waals surface area contributed by atoms with E-state index in [1.807, 2.05) is 19.1 Å². The second-order valence-electron chi connectivity index (χ2n) is 6.13. The minimum Gasteiger partial charge on any atom is -0.311 e. The van der Waals surface area contributed by atoms with Gasteiger partial charge in [0.15, 0.2) is 0 Å². The van der Waals surface area contributed by atoms with Crippen molar-refractivity contribution in [3.05, 3.63) is 46.8 Å². The number of carbonyl (C=O) groups is 1. The lowest BCUT2D eigenvalue weighted by Gasteiger charge is -2.16. The van der Waals surface area contributed by atoms with Gasteiger partial charge in [-0.3, -0.25) is 4.79 Å². The summed E-state index contributed by atoms with van der Waals surface area (Å²) in [4.78, 5) is 20.9. The number of thioether (sulfide) groups is 1. The van der Waals surface area contributed by atoms with E-state index in [9.17, 15) is 10.1 Å². The number of nitriles is 1. The fraction of sp³-hybridized carbons (Fsp3) is 0.368. The van der Waals surface area contributed by atoms with Crippen LogP contribution in [0.5, 0.6) is 0 Å². The van der Waals surface area contributed by atoms with Crippen LogP contribution in [0.15, 0.2) is 29.4 Å². The second kappa shape index (κ2) is 8.13. The molecule has 3 rings (SSSR count). The van der Waals surface area contributed by atoms with Crippen molar-refractivity contribution < 1.29 is 4.79 Å². The van der Waals surface area contributed by atoms with Crippen molar-refractivity contribution in [1.29, 1.82) is 5.26 Å². The number of carbonyl (C=O) groups excluding carboxylic acids is 1. The number of anilines is 1. The maximum Gasteiger partial charge on any atom is 0.226 e. The molecular weight excluding hydrogens is 332 g/mol. The lowest BCUT2D eigenvalue weighted by molar-refractivity contribution is -0.115. The van der Waals surface area contributed by atoms with Gasteiger partial charge in [-0.25, -0.2) is 9.97 Å².